The van der Waals surface area contributed by atoms with Crippen LogP contribution >= 0.6 is 0 Å². The van der Waals surface area contributed by atoms with Crippen LogP contribution in [0.15, 0.2) is 0 Å². The van der Waals surface area contributed by atoms with Gasteiger partial charge in [0.25, 0.3) is 0 Å². The molecule has 0 aromatic heterocycles. The zero-order chi connectivity index (χ0) is 21.0. The van der Waals surface area contributed by atoms with Gasteiger partial charge < -0.3 is 14.2 Å². The van der Waals surface area contributed by atoms with Gasteiger partial charge in [0.2, 0.25) is 0 Å². The van der Waals surface area contributed by atoms with Gasteiger partial charge in [-0.25, -0.2) is 0 Å². The first-order chi connectivity index (χ1) is 13.3. The number of unbranched alkanes of at least 4 members (excludes halogenated alkanes) is 2. The average Bonchev–Trinajstić information content (AvgIpc) is 2.67. The second-order valence-corrected chi connectivity index (χ2v) is 8.84. The quantitative estimate of drug-likeness (QED) is 0.386. The van der Waals surface area contributed by atoms with Gasteiger partial charge in [-0.3, -0.25) is 9.59 Å². The molecule has 5 nitrogen and oxygen atoms in total. The van der Waals surface area contributed by atoms with Gasteiger partial charge in [0.1, 0.15) is 6.61 Å². The number of ether oxygens (including phenoxy) is 3. The lowest BCUT2D eigenvalue weighted by Crippen LogP contribution is -2.39. The second kappa shape index (κ2) is 13.2. The fourth-order valence-corrected chi connectivity index (χ4v) is 3.62. The van der Waals surface area contributed by atoms with Crippen LogP contribution in [0.25, 0.3) is 0 Å². The van der Waals surface area contributed by atoms with Crippen LogP contribution in [0.2, 0.25) is 0 Å². The third-order valence-electron chi connectivity index (χ3n) is 5.85. The van der Waals surface area contributed by atoms with Crippen LogP contribution in [0.5, 0.6) is 0 Å². The number of carbonyl (C=O) groups is 2. The van der Waals surface area contributed by atoms with Crippen LogP contribution in [0, 0.1) is 11.8 Å². The van der Waals surface area contributed by atoms with Crippen LogP contribution in [0.3, 0.4) is 0 Å². The highest BCUT2D eigenvalue weighted by atomic mass is 16.6. The van der Waals surface area contributed by atoms with E-state index in [-0.39, 0.29) is 30.8 Å². The molecular formula is C23H42O5. The lowest BCUT2D eigenvalue weighted by molar-refractivity contribution is -0.169. The normalized spacial score (nSPS) is 23.4. The number of rotatable bonds is 13. The van der Waals surface area contributed by atoms with Crippen LogP contribution < -0.4 is 0 Å². The van der Waals surface area contributed by atoms with E-state index in [1.54, 1.807) is 0 Å². The lowest BCUT2D eigenvalue weighted by Gasteiger charge is -2.39. The van der Waals surface area contributed by atoms with E-state index in [0.717, 1.165) is 44.4 Å². The van der Waals surface area contributed by atoms with E-state index in [4.69, 9.17) is 14.2 Å². The minimum absolute atomic E-state index is 0.0745. The van der Waals surface area contributed by atoms with Gasteiger partial charge in [-0.15, -0.1) is 0 Å². The van der Waals surface area contributed by atoms with Crippen molar-refractivity contribution in [2.45, 2.75) is 111 Å². The molecule has 1 saturated carbocycles. The summed E-state index contributed by atoms with van der Waals surface area (Å²) in [5, 5.41) is 0. The van der Waals surface area contributed by atoms with Crippen LogP contribution in [-0.4, -0.2) is 36.9 Å². The van der Waals surface area contributed by atoms with E-state index in [1.165, 1.54) is 12.8 Å². The summed E-state index contributed by atoms with van der Waals surface area (Å²) in [5.41, 5.74) is -0.189. The lowest BCUT2D eigenvalue weighted by atomic mass is 9.75. The topological polar surface area (TPSA) is 61.8 Å². The van der Waals surface area contributed by atoms with Gasteiger partial charge in [0.15, 0.2) is 6.10 Å². The summed E-state index contributed by atoms with van der Waals surface area (Å²) in [4.78, 5) is 23.9. The number of esters is 2. The summed E-state index contributed by atoms with van der Waals surface area (Å²) < 4.78 is 17.1. The summed E-state index contributed by atoms with van der Waals surface area (Å²) in [6.45, 7) is 11.1. The molecule has 1 atom stereocenters. The summed E-state index contributed by atoms with van der Waals surface area (Å²) in [6.07, 6.45) is 8.14. The standard InChI is InChI=1S/C23H42O5/c1-6-8-10-21(24)26-16-20(28-22(25)11-9-7-2)17-27-23(5)14-12-19(13-15-23)18(3)4/h18-20H,6-17H2,1-5H3. The highest BCUT2D eigenvalue weighted by Gasteiger charge is 2.34. The minimum Gasteiger partial charge on any atom is -0.462 e. The van der Waals surface area contributed by atoms with Gasteiger partial charge in [-0.05, 0) is 57.3 Å². The zero-order valence-corrected chi connectivity index (χ0v) is 18.8. The Hall–Kier alpha value is -1.10. The Balaban J connectivity index is 2.53. The van der Waals surface area contributed by atoms with E-state index in [1.807, 2.05) is 13.8 Å². The van der Waals surface area contributed by atoms with Crippen molar-refractivity contribution >= 4 is 11.9 Å². The van der Waals surface area contributed by atoms with E-state index in [2.05, 4.69) is 20.8 Å². The fourth-order valence-electron chi connectivity index (χ4n) is 3.62. The third kappa shape index (κ3) is 9.90. The highest BCUT2D eigenvalue weighted by molar-refractivity contribution is 5.70. The highest BCUT2D eigenvalue weighted by Crippen LogP contribution is 2.37. The van der Waals surface area contributed by atoms with E-state index >= 15 is 0 Å². The predicted molar refractivity (Wildman–Crippen MR) is 111 cm³/mol. The maximum atomic E-state index is 12.1. The molecule has 0 aromatic carbocycles. The molecule has 0 radical (unpaired) electrons. The van der Waals surface area contributed by atoms with Crippen molar-refractivity contribution in [2.24, 2.45) is 11.8 Å². The smallest absolute Gasteiger partial charge is 0.306 e. The molecule has 0 heterocycles. The van der Waals surface area contributed by atoms with Gasteiger partial charge in [0.05, 0.1) is 12.2 Å². The molecule has 28 heavy (non-hydrogen) atoms. The maximum Gasteiger partial charge on any atom is 0.306 e. The minimum atomic E-state index is -0.533. The Morgan fingerprint density at radius 2 is 1.54 bits per heavy atom. The number of carbonyl (C=O) groups excluding carboxylic acids is 2. The summed E-state index contributed by atoms with van der Waals surface area (Å²) in [7, 11) is 0. The molecule has 0 aliphatic heterocycles. The molecule has 1 rings (SSSR count). The number of hydrogen-bond acceptors (Lipinski definition) is 5. The Morgan fingerprint density at radius 1 is 0.964 bits per heavy atom. The molecule has 1 aliphatic rings. The van der Waals surface area contributed by atoms with Gasteiger partial charge in [-0.2, -0.15) is 0 Å². The molecule has 1 unspecified atom stereocenters. The molecule has 164 valence electrons. The van der Waals surface area contributed by atoms with Crippen molar-refractivity contribution in [1.82, 2.24) is 0 Å². The van der Waals surface area contributed by atoms with E-state index < -0.39 is 6.10 Å². The molecule has 0 aromatic rings. The fraction of sp³-hybridized carbons (Fsp3) is 0.913. The first-order valence-electron chi connectivity index (χ1n) is 11.3. The summed E-state index contributed by atoms with van der Waals surface area (Å²) in [5.74, 6) is 0.993. The third-order valence-corrected chi connectivity index (χ3v) is 5.85. The van der Waals surface area contributed by atoms with Gasteiger partial charge in [-0.1, -0.05) is 40.5 Å². The zero-order valence-electron chi connectivity index (χ0n) is 18.8. The van der Waals surface area contributed by atoms with E-state index in [9.17, 15) is 9.59 Å². The maximum absolute atomic E-state index is 12.1. The largest absolute Gasteiger partial charge is 0.462 e. The molecule has 0 amide bonds. The number of hydrogen-bond donors (Lipinski definition) is 0. The van der Waals surface area contributed by atoms with Gasteiger partial charge in [0, 0.05) is 12.8 Å². The molecule has 0 bridgehead atoms. The van der Waals surface area contributed by atoms with Crippen molar-refractivity contribution in [3.63, 3.8) is 0 Å². The SMILES string of the molecule is CCCCC(=O)OCC(COC1(C)CCC(C(C)C)CC1)OC(=O)CCCC. The predicted octanol–water partition coefficient (Wildman–Crippen LogP) is 5.44. The van der Waals surface area contributed by atoms with Crippen molar-refractivity contribution in [1.29, 1.82) is 0 Å². The van der Waals surface area contributed by atoms with Crippen molar-refractivity contribution in [2.75, 3.05) is 13.2 Å². The van der Waals surface area contributed by atoms with Crippen molar-refractivity contribution in [3.8, 4) is 0 Å². The van der Waals surface area contributed by atoms with Crippen molar-refractivity contribution in [3.05, 3.63) is 0 Å². The first kappa shape index (κ1) is 24.9. The molecule has 5 heteroatoms. The average molecular weight is 399 g/mol. The Bertz CT molecular complexity index is 452. The molecule has 0 N–H and O–H groups in total. The van der Waals surface area contributed by atoms with Crippen LogP contribution in [-0.2, 0) is 23.8 Å². The van der Waals surface area contributed by atoms with Gasteiger partial charge >= 0.3 is 11.9 Å². The molecule has 0 saturated heterocycles. The Kier molecular flexibility index (Phi) is 11.7. The molecular weight excluding hydrogens is 356 g/mol. The molecule has 0 spiro atoms. The summed E-state index contributed by atoms with van der Waals surface area (Å²) >= 11 is 0. The van der Waals surface area contributed by atoms with Crippen LogP contribution in [0.1, 0.15) is 98.8 Å². The van der Waals surface area contributed by atoms with E-state index in [0.29, 0.717) is 18.8 Å². The molecule has 1 aliphatic carbocycles. The summed E-state index contributed by atoms with van der Waals surface area (Å²) in [6, 6.07) is 0. The van der Waals surface area contributed by atoms with Crippen molar-refractivity contribution < 1.29 is 23.8 Å². The first-order valence-corrected chi connectivity index (χ1v) is 11.3. The monoisotopic (exact) mass is 398 g/mol. The Labute approximate surface area is 171 Å². The Morgan fingerprint density at radius 3 is 2.07 bits per heavy atom. The molecule has 1 fully saturated rings. The van der Waals surface area contributed by atoms with Crippen LogP contribution in [0.4, 0.5) is 0 Å². The second-order valence-electron chi connectivity index (χ2n) is 8.84.